The molecule has 1 aromatic carbocycles. The van der Waals surface area contributed by atoms with Crippen LogP contribution in [0.3, 0.4) is 0 Å². The lowest BCUT2D eigenvalue weighted by Crippen LogP contribution is -2.27. The Kier molecular flexibility index (Phi) is 5.83. The van der Waals surface area contributed by atoms with Gasteiger partial charge in [-0.25, -0.2) is 0 Å². The quantitative estimate of drug-likeness (QED) is 0.799. The molecule has 2 aromatic rings. The number of ketones is 1. The molecular weight excluding hydrogens is 344 g/mol. The number of benzene rings is 1. The Morgan fingerprint density at radius 3 is 2.55 bits per heavy atom. The molecule has 0 saturated carbocycles. The van der Waals surface area contributed by atoms with Gasteiger partial charge in [0, 0.05) is 35.3 Å². The molecule has 0 aliphatic carbocycles. The summed E-state index contributed by atoms with van der Waals surface area (Å²) < 4.78 is 0.923. The lowest BCUT2D eigenvalue weighted by Gasteiger charge is -2.13. The number of carbonyl (C=O) groups is 2. The number of Topliss-reactive ketones (excluding diaryl/α,β-unsaturated/α-hetero) is 1. The number of amides is 1. The van der Waals surface area contributed by atoms with Crippen molar-refractivity contribution in [1.82, 2.24) is 10.3 Å². The molecule has 0 saturated heterocycles. The highest BCUT2D eigenvalue weighted by atomic mass is 79.9. The van der Waals surface area contributed by atoms with E-state index in [2.05, 4.69) is 26.2 Å². The van der Waals surface area contributed by atoms with Crippen LogP contribution in [-0.2, 0) is 4.79 Å². The number of hydrogen-bond donors (Lipinski definition) is 1. The molecule has 0 fully saturated rings. The van der Waals surface area contributed by atoms with Crippen LogP contribution in [0.15, 0.2) is 53.3 Å². The third-order valence-corrected chi connectivity index (χ3v) is 3.84. The number of hydrogen-bond acceptors (Lipinski definition) is 3. The van der Waals surface area contributed by atoms with Crippen molar-refractivity contribution < 1.29 is 9.59 Å². The summed E-state index contributed by atoms with van der Waals surface area (Å²) >= 11 is 3.33. The van der Waals surface area contributed by atoms with Crippen LogP contribution in [0.5, 0.6) is 0 Å². The molecule has 1 unspecified atom stereocenters. The van der Waals surface area contributed by atoms with E-state index < -0.39 is 0 Å². The van der Waals surface area contributed by atoms with Crippen LogP contribution in [0.25, 0.3) is 0 Å². The summed E-state index contributed by atoms with van der Waals surface area (Å²) in [7, 11) is 0. The molecular formula is C17H17BrN2O2. The molecule has 0 spiro atoms. The third-order valence-electron chi connectivity index (χ3n) is 3.31. The van der Waals surface area contributed by atoms with Crippen molar-refractivity contribution in [3.8, 4) is 0 Å². The smallest absolute Gasteiger partial charge is 0.220 e. The summed E-state index contributed by atoms with van der Waals surface area (Å²) in [6.07, 6.45) is 3.79. The highest BCUT2D eigenvalue weighted by Crippen LogP contribution is 2.13. The normalized spacial score (nSPS) is 11.7. The largest absolute Gasteiger partial charge is 0.350 e. The van der Waals surface area contributed by atoms with Crippen LogP contribution >= 0.6 is 15.9 Å². The Hall–Kier alpha value is -2.01. The first-order valence-electron chi connectivity index (χ1n) is 7.04. The van der Waals surface area contributed by atoms with Gasteiger partial charge in [-0.1, -0.05) is 34.1 Å². The Labute approximate surface area is 138 Å². The van der Waals surface area contributed by atoms with Crippen molar-refractivity contribution in [2.24, 2.45) is 0 Å². The molecule has 114 valence electrons. The lowest BCUT2D eigenvalue weighted by atomic mass is 10.1. The first-order chi connectivity index (χ1) is 10.6. The number of rotatable bonds is 6. The zero-order chi connectivity index (χ0) is 15.9. The molecule has 1 atom stereocenters. The van der Waals surface area contributed by atoms with Crippen molar-refractivity contribution >= 4 is 27.6 Å². The van der Waals surface area contributed by atoms with Gasteiger partial charge in [-0.3, -0.25) is 14.6 Å². The molecule has 1 N–H and O–H groups in total. The number of halogens is 1. The van der Waals surface area contributed by atoms with Crippen molar-refractivity contribution in [3.63, 3.8) is 0 Å². The lowest BCUT2D eigenvalue weighted by molar-refractivity contribution is -0.121. The van der Waals surface area contributed by atoms with Gasteiger partial charge in [0.15, 0.2) is 5.78 Å². The summed E-state index contributed by atoms with van der Waals surface area (Å²) in [5, 5.41) is 2.87. The van der Waals surface area contributed by atoms with E-state index in [9.17, 15) is 9.59 Å². The van der Waals surface area contributed by atoms with E-state index in [-0.39, 0.29) is 30.6 Å². The van der Waals surface area contributed by atoms with Gasteiger partial charge >= 0.3 is 0 Å². The number of carbonyl (C=O) groups excluding carboxylic acids is 2. The first-order valence-corrected chi connectivity index (χ1v) is 7.83. The predicted molar refractivity (Wildman–Crippen MR) is 88.5 cm³/mol. The first kappa shape index (κ1) is 16.4. The van der Waals surface area contributed by atoms with E-state index in [4.69, 9.17) is 0 Å². The third kappa shape index (κ3) is 4.77. The molecule has 1 aromatic heterocycles. The SMILES string of the molecule is CC(NC(=O)CCC(=O)c1ccc(Br)cc1)c1cccnc1. The van der Waals surface area contributed by atoms with E-state index in [1.54, 1.807) is 24.5 Å². The van der Waals surface area contributed by atoms with Crippen molar-refractivity contribution in [1.29, 1.82) is 0 Å². The maximum atomic E-state index is 12.0. The number of nitrogens with one attached hydrogen (secondary N) is 1. The summed E-state index contributed by atoms with van der Waals surface area (Å²) in [5.41, 5.74) is 1.56. The van der Waals surface area contributed by atoms with Crippen LogP contribution in [0.4, 0.5) is 0 Å². The fourth-order valence-corrected chi connectivity index (χ4v) is 2.30. The van der Waals surface area contributed by atoms with Gasteiger partial charge in [-0.2, -0.15) is 0 Å². The number of nitrogens with zero attached hydrogens (tertiary/aromatic N) is 1. The zero-order valence-electron chi connectivity index (χ0n) is 12.3. The van der Waals surface area contributed by atoms with E-state index in [0.717, 1.165) is 10.0 Å². The van der Waals surface area contributed by atoms with Gasteiger partial charge in [-0.05, 0) is 30.7 Å². The van der Waals surface area contributed by atoms with Crippen molar-refractivity contribution in [2.75, 3.05) is 0 Å². The fraction of sp³-hybridized carbons (Fsp3) is 0.235. The van der Waals surface area contributed by atoms with Crippen LogP contribution in [0.1, 0.15) is 41.7 Å². The van der Waals surface area contributed by atoms with Crippen LogP contribution in [0.2, 0.25) is 0 Å². The molecule has 0 aliphatic heterocycles. The zero-order valence-corrected chi connectivity index (χ0v) is 13.8. The van der Waals surface area contributed by atoms with Crippen molar-refractivity contribution in [3.05, 3.63) is 64.4 Å². The van der Waals surface area contributed by atoms with E-state index >= 15 is 0 Å². The molecule has 2 rings (SSSR count). The average molecular weight is 361 g/mol. The predicted octanol–water partition coefficient (Wildman–Crippen LogP) is 3.68. The van der Waals surface area contributed by atoms with E-state index in [0.29, 0.717) is 5.56 Å². The van der Waals surface area contributed by atoms with Crippen LogP contribution in [0, 0.1) is 0 Å². The Morgan fingerprint density at radius 2 is 1.91 bits per heavy atom. The highest BCUT2D eigenvalue weighted by molar-refractivity contribution is 9.10. The summed E-state index contributed by atoms with van der Waals surface area (Å²) in [4.78, 5) is 28.0. The minimum Gasteiger partial charge on any atom is -0.350 e. The van der Waals surface area contributed by atoms with Gasteiger partial charge < -0.3 is 5.32 Å². The number of pyridine rings is 1. The van der Waals surface area contributed by atoms with Crippen molar-refractivity contribution in [2.45, 2.75) is 25.8 Å². The van der Waals surface area contributed by atoms with E-state index in [1.807, 2.05) is 31.2 Å². The maximum Gasteiger partial charge on any atom is 0.220 e. The minimum absolute atomic E-state index is 0.0309. The van der Waals surface area contributed by atoms with Crippen LogP contribution in [-0.4, -0.2) is 16.7 Å². The summed E-state index contributed by atoms with van der Waals surface area (Å²) in [5.74, 6) is -0.168. The van der Waals surface area contributed by atoms with Crippen LogP contribution < -0.4 is 5.32 Å². The molecule has 5 heteroatoms. The molecule has 1 heterocycles. The highest BCUT2D eigenvalue weighted by Gasteiger charge is 2.12. The second-order valence-electron chi connectivity index (χ2n) is 5.01. The fourth-order valence-electron chi connectivity index (χ4n) is 2.04. The molecule has 4 nitrogen and oxygen atoms in total. The Bertz CT molecular complexity index is 641. The van der Waals surface area contributed by atoms with Gasteiger partial charge in [0.05, 0.1) is 6.04 Å². The summed E-state index contributed by atoms with van der Waals surface area (Å²) in [6, 6.07) is 10.8. The number of aromatic nitrogens is 1. The Balaban J connectivity index is 1.82. The molecule has 22 heavy (non-hydrogen) atoms. The van der Waals surface area contributed by atoms with Gasteiger partial charge in [-0.15, -0.1) is 0 Å². The average Bonchev–Trinajstić information content (AvgIpc) is 2.54. The van der Waals surface area contributed by atoms with E-state index in [1.165, 1.54) is 0 Å². The van der Waals surface area contributed by atoms with Gasteiger partial charge in [0.2, 0.25) is 5.91 Å². The maximum absolute atomic E-state index is 12.0. The minimum atomic E-state index is -0.137. The second kappa shape index (κ2) is 7.84. The second-order valence-corrected chi connectivity index (χ2v) is 5.92. The monoisotopic (exact) mass is 360 g/mol. The molecule has 0 bridgehead atoms. The summed E-state index contributed by atoms with van der Waals surface area (Å²) in [6.45, 7) is 1.89. The molecule has 1 amide bonds. The molecule has 0 aliphatic rings. The van der Waals surface area contributed by atoms with Gasteiger partial charge in [0.1, 0.15) is 0 Å². The Morgan fingerprint density at radius 1 is 1.18 bits per heavy atom. The van der Waals surface area contributed by atoms with Gasteiger partial charge in [0.25, 0.3) is 0 Å². The molecule has 0 radical (unpaired) electrons. The standard InChI is InChI=1S/C17H17BrN2O2/c1-12(14-3-2-10-19-11-14)20-17(22)9-8-16(21)13-4-6-15(18)7-5-13/h2-7,10-12H,8-9H2,1H3,(H,20,22). The topological polar surface area (TPSA) is 59.1 Å².